The highest BCUT2D eigenvalue weighted by Gasteiger charge is 2.31. The zero-order valence-corrected chi connectivity index (χ0v) is 11.9. The van der Waals surface area contributed by atoms with Gasteiger partial charge < -0.3 is 4.74 Å². The Hall–Kier alpha value is -1.37. The van der Waals surface area contributed by atoms with E-state index in [-0.39, 0.29) is 17.9 Å². The summed E-state index contributed by atoms with van der Waals surface area (Å²) in [6.07, 6.45) is -4.58. The first-order valence-electron chi connectivity index (χ1n) is 5.99. The number of carbonyl (C=O) groups excluding carboxylic acids is 1. The third-order valence-corrected chi connectivity index (χ3v) is 4.13. The van der Waals surface area contributed by atoms with E-state index < -0.39 is 33.8 Å². The molecule has 1 aromatic carbocycles. The van der Waals surface area contributed by atoms with Crippen molar-refractivity contribution >= 4 is 16.8 Å². The Balaban J connectivity index is 2.84. The quantitative estimate of drug-likeness (QED) is 0.785. The molecule has 0 aromatic heterocycles. The average molecular weight is 308 g/mol. The number of hydrogen-bond donors (Lipinski definition) is 0. The molecule has 0 saturated heterocycles. The summed E-state index contributed by atoms with van der Waals surface area (Å²) >= 11 is 0. The summed E-state index contributed by atoms with van der Waals surface area (Å²) < 4.78 is 54.5. The van der Waals surface area contributed by atoms with Crippen LogP contribution in [0.3, 0.4) is 0 Å². The minimum absolute atomic E-state index is 0.0524. The second-order valence-electron chi connectivity index (χ2n) is 4.14. The normalized spacial score (nSPS) is 14.7. The molecule has 0 bridgehead atoms. The lowest BCUT2D eigenvalue weighted by molar-refractivity contribution is -0.143. The van der Waals surface area contributed by atoms with Gasteiger partial charge in [-0.15, -0.1) is 0 Å². The molecule has 0 saturated carbocycles. The Bertz CT molecular complexity index is 500. The first kappa shape index (κ1) is 16.7. The molecule has 1 aromatic rings. The lowest BCUT2D eigenvalue weighted by Gasteiger charge is -2.12. The van der Waals surface area contributed by atoms with E-state index in [9.17, 15) is 22.2 Å². The third-order valence-electron chi connectivity index (χ3n) is 2.52. The van der Waals surface area contributed by atoms with Crippen molar-refractivity contribution in [2.24, 2.45) is 0 Å². The predicted molar refractivity (Wildman–Crippen MR) is 68.6 cm³/mol. The Morgan fingerprint density at radius 3 is 2.60 bits per heavy atom. The molecule has 0 aliphatic heterocycles. The number of halogens is 3. The number of ether oxygens (including phenoxy) is 1. The van der Waals surface area contributed by atoms with Crippen LogP contribution in [0, 0.1) is 0 Å². The van der Waals surface area contributed by atoms with E-state index in [4.69, 9.17) is 4.74 Å². The molecule has 0 aliphatic carbocycles. The van der Waals surface area contributed by atoms with E-state index in [1.165, 1.54) is 19.1 Å². The largest absolute Gasteiger partial charge is 0.466 e. The van der Waals surface area contributed by atoms with Gasteiger partial charge in [0, 0.05) is 10.1 Å². The van der Waals surface area contributed by atoms with Crippen LogP contribution in [0.1, 0.15) is 25.8 Å². The van der Waals surface area contributed by atoms with E-state index in [2.05, 4.69) is 0 Å². The van der Waals surface area contributed by atoms with Crippen molar-refractivity contribution < 1.29 is 26.9 Å². The Morgan fingerprint density at radius 1 is 1.40 bits per heavy atom. The van der Waals surface area contributed by atoms with Crippen molar-refractivity contribution in [3.8, 4) is 0 Å². The van der Waals surface area contributed by atoms with Gasteiger partial charge in [0.2, 0.25) is 0 Å². The van der Waals surface area contributed by atoms with Crippen LogP contribution in [0.4, 0.5) is 13.2 Å². The molecule has 0 radical (unpaired) electrons. The fraction of sp³-hybridized carbons (Fsp3) is 0.462. The Labute approximate surface area is 117 Å². The van der Waals surface area contributed by atoms with Crippen LogP contribution in [0.15, 0.2) is 29.2 Å². The molecule has 0 heterocycles. The smallest absolute Gasteiger partial charge is 0.416 e. The molecule has 0 spiro atoms. The topological polar surface area (TPSA) is 43.4 Å². The molecule has 2 atom stereocenters. The molecular formula is C13H15F3O3S. The van der Waals surface area contributed by atoms with E-state index in [0.717, 1.165) is 12.1 Å². The van der Waals surface area contributed by atoms with Gasteiger partial charge in [0.05, 0.1) is 29.4 Å². The fourth-order valence-corrected chi connectivity index (χ4v) is 2.77. The van der Waals surface area contributed by atoms with Gasteiger partial charge in [0.25, 0.3) is 0 Å². The molecule has 0 fully saturated rings. The number of carbonyl (C=O) groups is 1. The summed E-state index contributed by atoms with van der Waals surface area (Å²) in [6, 6.07) is 4.31. The number of esters is 1. The monoisotopic (exact) mass is 308 g/mol. The summed E-state index contributed by atoms with van der Waals surface area (Å²) in [7, 11) is -1.70. The van der Waals surface area contributed by atoms with E-state index in [0.29, 0.717) is 0 Å². The predicted octanol–water partition coefficient (Wildman–Crippen LogP) is 3.15. The van der Waals surface area contributed by atoms with Gasteiger partial charge in [-0.3, -0.25) is 9.00 Å². The molecule has 112 valence electrons. The van der Waals surface area contributed by atoms with Gasteiger partial charge in [-0.25, -0.2) is 0 Å². The second-order valence-corrected chi connectivity index (χ2v) is 6.01. The van der Waals surface area contributed by atoms with Crippen LogP contribution in [-0.2, 0) is 26.5 Å². The average Bonchev–Trinajstić information content (AvgIpc) is 2.37. The maximum absolute atomic E-state index is 12.6. The van der Waals surface area contributed by atoms with Crippen molar-refractivity contribution in [1.29, 1.82) is 0 Å². The number of rotatable bonds is 5. The lowest BCUT2D eigenvalue weighted by Crippen LogP contribution is -2.18. The van der Waals surface area contributed by atoms with Gasteiger partial charge >= 0.3 is 12.1 Å². The number of benzene rings is 1. The standard InChI is InChI=1S/C13H15F3O3S/c1-3-19-12(17)7-9(2)20(18)11-6-4-5-10(8-11)13(14,15)16/h4-6,8-9H,3,7H2,1-2H3. The van der Waals surface area contributed by atoms with Gasteiger partial charge in [-0.05, 0) is 32.0 Å². The summed E-state index contributed by atoms with van der Waals surface area (Å²) in [5.74, 6) is -0.514. The second kappa shape index (κ2) is 6.88. The number of alkyl halides is 3. The molecule has 3 nitrogen and oxygen atoms in total. The molecule has 0 amide bonds. The highest BCUT2D eigenvalue weighted by Crippen LogP contribution is 2.30. The van der Waals surface area contributed by atoms with Crippen LogP contribution in [0.5, 0.6) is 0 Å². The maximum Gasteiger partial charge on any atom is 0.416 e. The minimum atomic E-state index is -4.48. The van der Waals surface area contributed by atoms with Crippen molar-refractivity contribution in [3.63, 3.8) is 0 Å². The van der Waals surface area contributed by atoms with Crippen LogP contribution < -0.4 is 0 Å². The third kappa shape index (κ3) is 4.63. The van der Waals surface area contributed by atoms with Gasteiger partial charge in [0.1, 0.15) is 0 Å². The fourth-order valence-electron chi connectivity index (χ4n) is 1.56. The van der Waals surface area contributed by atoms with Crippen molar-refractivity contribution in [2.45, 2.75) is 36.6 Å². The zero-order valence-electron chi connectivity index (χ0n) is 11.1. The van der Waals surface area contributed by atoms with Crippen LogP contribution >= 0.6 is 0 Å². The maximum atomic E-state index is 12.6. The zero-order chi connectivity index (χ0) is 15.3. The lowest BCUT2D eigenvalue weighted by atomic mass is 10.2. The van der Waals surface area contributed by atoms with E-state index >= 15 is 0 Å². The molecule has 0 N–H and O–H groups in total. The van der Waals surface area contributed by atoms with Gasteiger partial charge in [0.15, 0.2) is 0 Å². The minimum Gasteiger partial charge on any atom is -0.466 e. The van der Waals surface area contributed by atoms with Crippen molar-refractivity contribution in [1.82, 2.24) is 0 Å². The molecule has 2 unspecified atom stereocenters. The summed E-state index contributed by atoms with van der Waals surface area (Å²) in [5, 5.41) is -0.613. The van der Waals surface area contributed by atoms with Crippen LogP contribution in [0.2, 0.25) is 0 Å². The molecule has 7 heteroatoms. The van der Waals surface area contributed by atoms with E-state index in [1.807, 2.05) is 0 Å². The van der Waals surface area contributed by atoms with Crippen molar-refractivity contribution in [3.05, 3.63) is 29.8 Å². The summed E-state index contributed by atoms with van der Waals surface area (Å²) in [4.78, 5) is 11.3. The van der Waals surface area contributed by atoms with Crippen molar-refractivity contribution in [2.75, 3.05) is 6.61 Å². The highest BCUT2D eigenvalue weighted by molar-refractivity contribution is 7.85. The van der Waals surface area contributed by atoms with Crippen LogP contribution in [-0.4, -0.2) is 22.0 Å². The summed E-state index contributed by atoms with van der Waals surface area (Å²) in [6.45, 7) is 3.39. The Morgan fingerprint density at radius 2 is 2.05 bits per heavy atom. The first-order valence-corrected chi connectivity index (χ1v) is 7.20. The molecular weight excluding hydrogens is 293 g/mol. The van der Waals surface area contributed by atoms with Crippen LogP contribution in [0.25, 0.3) is 0 Å². The molecule has 1 rings (SSSR count). The SMILES string of the molecule is CCOC(=O)CC(C)S(=O)c1cccc(C(F)(F)F)c1. The number of hydrogen-bond acceptors (Lipinski definition) is 3. The molecule has 0 aliphatic rings. The first-order chi connectivity index (χ1) is 9.25. The van der Waals surface area contributed by atoms with Gasteiger partial charge in [-0.1, -0.05) is 6.07 Å². The Kier molecular flexibility index (Phi) is 5.74. The van der Waals surface area contributed by atoms with E-state index in [1.54, 1.807) is 6.92 Å². The summed E-state index contributed by atoms with van der Waals surface area (Å²) in [5.41, 5.74) is -0.855. The highest BCUT2D eigenvalue weighted by atomic mass is 32.2. The molecule has 20 heavy (non-hydrogen) atoms. The van der Waals surface area contributed by atoms with Gasteiger partial charge in [-0.2, -0.15) is 13.2 Å².